The summed E-state index contributed by atoms with van der Waals surface area (Å²) < 4.78 is 10.9. The van der Waals surface area contributed by atoms with Gasteiger partial charge in [0.2, 0.25) is 0 Å². The molecule has 13 fully saturated rings. The summed E-state index contributed by atoms with van der Waals surface area (Å²) in [5.41, 5.74) is 0.564. The van der Waals surface area contributed by atoms with E-state index in [0.717, 1.165) is 97.7 Å². The third-order valence-electron chi connectivity index (χ3n) is 13.8. The molecule has 13 aliphatic carbocycles. The monoisotopic (exact) mass is 408 g/mol. The highest BCUT2D eigenvalue weighted by Crippen LogP contribution is 2.94. The molecule has 4 nitrogen and oxygen atoms in total. The molecule has 0 N–H and O–H groups in total. The molecule has 0 aliphatic heterocycles. The molecule has 13 rings (SSSR count). The maximum absolute atomic E-state index is 13.1. The number of ether oxygens (including phenoxy) is 2. The minimum Gasteiger partial charge on any atom is -0.469 e. The molecule has 0 amide bonds. The lowest BCUT2D eigenvalue weighted by atomic mass is 9.12. The first-order chi connectivity index (χ1) is 14.4. The van der Waals surface area contributed by atoms with Crippen LogP contribution in [0.5, 0.6) is 0 Å². The summed E-state index contributed by atoms with van der Waals surface area (Å²) in [6.07, 6.45) is 9.47. The van der Waals surface area contributed by atoms with Crippen molar-refractivity contribution in [3.63, 3.8) is 0 Å². The summed E-state index contributed by atoms with van der Waals surface area (Å²) in [5.74, 6) is 8.32. The van der Waals surface area contributed by atoms with Crippen LogP contribution in [0.3, 0.4) is 0 Å². The van der Waals surface area contributed by atoms with Crippen molar-refractivity contribution in [1.82, 2.24) is 0 Å². The Bertz CT molecular complexity index is 835. The minimum absolute atomic E-state index is 0.118. The smallest absolute Gasteiger partial charge is 0.311 e. The summed E-state index contributed by atoms with van der Waals surface area (Å²) in [4.78, 5) is 26.2. The highest BCUT2D eigenvalue weighted by Gasteiger charge is 2.90. The second-order valence-electron chi connectivity index (χ2n) is 13.7. The average molecular weight is 409 g/mol. The molecule has 8 unspecified atom stereocenters. The number of carbonyl (C=O) groups is 2. The van der Waals surface area contributed by atoms with Gasteiger partial charge in [-0.3, -0.25) is 9.59 Å². The van der Waals surface area contributed by atoms with Gasteiger partial charge < -0.3 is 9.47 Å². The second kappa shape index (κ2) is 4.27. The van der Waals surface area contributed by atoms with Gasteiger partial charge in [-0.15, -0.1) is 0 Å². The maximum atomic E-state index is 13.1. The fourth-order valence-corrected chi connectivity index (χ4v) is 14.5. The number of rotatable bonds is 2. The Kier molecular flexibility index (Phi) is 2.35. The van der Waals surface area contributed by atoms with Crippen LogP contribution in [0.25, 0.3) is 0 Å². The van der Waals surface area contributed by atoms with Crippen LogP contribution in [0.1, 0.15) is 51.4 Å². The Balaban J connectivity index is 1.27. The molecule has 13 aliphatic rings. The van der Waals surface area contributed by atoms with Crippen LogP contribution >= 0.6 is 0 Å². The fourth-order valence-electron chi connectivity index (χ4n) is 14.5. The molecule has 160 valence electrons. The van der Waals surface area contributed by atoms with Gasteiger partial charge >= 0.3 is 11.9 Å². The van der Waals surface area contributed by atoms with Gasteiger partial charge in [0.15, 0.2) is 0 Å². The van der Waals surface area contributed by atoms with Gasteiger partial charge in [0.1, 0.15) is 0 Å². The SMILES string of the molecule is COC(=O)C12CC3C4CC56CC7(C(=O)OC)CC8C9CC(C1)(C3C85)C(C4C2)C6C9C7. The number of hydrogen-bond acceptors (Lipinski definition) is 4. The van der Waals surface area contributed by atoms with Gasteiger partial charge in [0.25, 0.3) is 0 Å². The molecule has 2 spiro atoms. The average Bonchev–Trinajstić information content (AvgIpc) is 2.75. The number of esters is 2. The van der Waals surface area contributed by atoms with Gasteiger partial charge in [0, 0.05) is 0 Å². The molecule has 0 heterocycles. The Labute approximate surface area is 177 Å². The highest BCUT2D eigenvalue weighted by atomic mass is 16.5. The highest BCUT2D eigenvalue weighted by molar-refractivity contribution is 5.79. The summed E-state index contributed by atoms with van der Waals surface area (Å²) >= 11 is 0. The fraction of sp³-hybridized carbons (Fsp3) is 0.923. The zero-order valence-corrected chi connectivity index (χ0v) is 18.1. The molecular formula is C26H32O4. The predicted octanol–water partition coefficient (Wildman–Crippen LogP) is 3.68. The van der Waals surface area contributed by atoms with E-state index in [1.807, 2.05) is 0 Å². The molecule has 0 radical (unpaired) electrons. The van der Waals surface area contributed by atoms with E-state index < -0.39 is 0 Å². The number of methoxy groups -OCH3 is 2. The first-order valence-electron chi connectivity index (χ1n) is 12.6. The van der Waals surface area contributed by atoms with Crippen molar-refractivity contribution < 1.29 is 19.1 Å². The van der Waals surface area contributed by atoms with Crippen LogP contribution < -0.4 is 0 Å². The normalized spacial score (nSPS) is 70.1. The lowest BCUT2D eigenvalue weighted by Crippen LogP contribution is -2.88. The van der Waals surface area contributed by atoms with E-state index in [9.17, 15) is 9.59 Å². The van der Waals surface area contributed by atoms with Gasteiger partial charge in [0.05, 0.1) is 25.0 Å². The molecule has 30 heavy (non-hydrogen) atoms. The third-order valence-corrected chi connectivity index (χ3v) is 13.8. The summed E-state index contributed by atoms with van der Waals surface area (Å²) in [6, 6.07) is 0. The molecule has 14 bridgehead atoms. The Morgan fingerprint density at radius 3 is 1.20 bits per heavy atom. The maximum Gasteiger partial charge on any atom is 0.311 e. The van der Waals surface area contributed by atoms with Crippen LogP contribution in [0, 0.1) is 80.8 Å². The number of hydrogen-bond donors (Lipinski definition) is 0. The zero-order valence-electron chi connectivity index (χ0n) is 18.1. The molecule has 0 saturated heterocycles. The van der Waals surface area contributed by atoms with E-state index in [1.54, 1.807) is 14.2 Å². The quantitative estimate of drug-likeness (QED) is 0.654. The van der Waals surface area contributed by atoms with Crippen LogP contribution in [-0.2, 0) is 19.1 Å². The van der Waals surface area contributed by atoms with Gasteiger partial charge in [-0.2, -0.15) is 0 Å². The van der Waals surface area contributed by atoms with Crippen LogP contribution in [0.4, 0.5) is 0 Å². The minimum atomic E-state index is -0.158. The summed E-state index contributed by atoms with van der Waals surface area (Å²) in [7, 11) is 3.23. The Morgan fingerprint density at radius 1 is 0.567 bits per heavy atom. The van der Waals surface area contributed by atoms with E-state index in [1.165, 1.54) is 12.8 Å². The largest absolute Gasteiger partial charge is 0.469 e. The lowest BCUT2D eigenvalue weighted by Gasteiger charge is -2.92. The predicted molar refractivity (Wildman–Crippen MR) is 106 cm³/mol. The molecule has 0 aromatic heterocycles. The first kappa shape index (κ1) is 16.6. The molecule has 0 aromatic carbocycles. The van der Waals surface area contributed by atoms with Crippen LogP contribution in [0.15, 0.2) is 0 Å². The van der Waals surface area contributed by atoms with E-state index >= 15 is 0 Å². The van der Waals surface area contributed by atoms with Crippen LogP contribution in [0.2, 0.25) is 0 Å². The Hall–Kier alpha value is -1.06. The third kappa shape index (κ3) is 1.24. The van der Waals surface area contributed by atoms with Crippen molar-refractivity contribution in [2.75, 3.05) is 14.2 Å². The Morgan fingerprint density at radius 2 is 0.900 bits per heavy atom. The topological polar surface area (TPSA) is 52.6 Å². The van der Waals surface area contributed by atoms with Crippen molar-refractivity contribution in [3.8, 4) is 0 Å². The lowest BCUT2D eigenvalue weighted by molar-refractivity contribution is -0.444. The van der Waals surface area contributed by atoms with Crippen molar-refractivity contribution in [3.05, 3.63) is 0 Å². The zero-order chi connectivity index (χ0) is 20.0. The van der Waals surface area contributed by atoms with Gasteiger partial charge in [-0.1, -0.05) is 0 Å². The summed E-state index contributed by atoms with van der Waals surface area (Å²) in [6.45, 7) is 0. The van der Waals surface area contributed by atoms with Crippen molar-refractivity contribution in [2.45, 2.75) is 51.4 Å². The molecule has 8 atom stereocenters. The van der Waals surface area contributed by atoms with E-state index in [2.05, 4.69) is 0 Å². The van der Waals surface area contributed by atoms with Crippen LogP contribution in [-0.4, -0.2) is 26.2 Å². The van der Waals surface area contributed by atoms with Crippen molar-refractivity contribution >= 4 is 11.9 Å². The van der Waals surface area contributed by atoms with Crippen molar-refractivity contribution in [2.24, 2.45) is 80.8 Å². The van der Waals surface area contributed by atoms with Gasteiger partial charge in [-0.25, -0.2) is 0 Å². The van der Waals surface area contributed by atoms with E-state index in [4.69, 9.17) is 9.47 Å². The molecular weight excluding hydrogens is 376 g/mol. The number of carbonyl (C=O) groups excluding carboxylic acids is 2. The van der Waals surface area contributed by atoms with E-state index in [-0.39, 0.29) is 22.8 Å². The first-order valence-corrected chi connectivity index (χ1v) is 12.6. The molecule has 4 heteroatoms. The van der Waals surface area contributed by atoms with Crippen molar-refractivity contribution in [1.29, 1.82) is 0 Å². The van der Waals surface area contributed by atoms with Gasteiger partial charge in [-0.05, 0) is 121 Å². The standard InChI is InChI=1S/C26H32O4/c1-29-21(27)23-3-13-11-8-26-10-24(22(28)30-2)5-15-12-7-25(9-23,17(13)19(15)26)18(14(11)4-23)20(26)16(12)6-24/h11-20H,3-10H2,1-2H3. The second-order valence-corrected chi connectivity index (χ2v) is 13.7. The summed E-state index contributed by atoms with van der Waals surface area (Å²) in [5, 5.41) is 0. The molecule has 0 aromatic rings. The molecule has 13 saturated carbocycles. The van der Waals surface area contributed by atoms with E-state index in [0.29, 0.717) is 10.8 Å².